The van der Waals surface area contributed by atoms with Gasteiger partial charge in [-0.25, -0.2) is 9.78 Å². The molecule has 3 rings (SSSR count). The molecular weight excluding hydrogens is 579 g/mol. The van der Waals surface area contributed by atoms with Gasteiger partial charge in [-0.3, -0.25) is 24.6 Å². The molecule has 1 saturated heterocycles. The summed E-state index contributed by atoms with van der Waals surface area (Å²) in [5.74, 6) is -4.25. The van der Waals surface area contributed by atoms with E-state index in [1.54, 1.807) is 0 Å². The summed E-state index contributed by atoms with van der Waals surface area (Å²) < 4.78 is 9.71. The number of oxime groups is 1. The van der Waals surface area contributed by atoms with Gasteiger partial charge < -0.3 is 51.3 Å². The van der Waals surface area contributed by atoms with Gasteiger partial charge in [0.1, 0.15) is 48.3 Å². The van der Waals surface area contributed by atoms with Crippen molar-refractivity contribution in [1.29, 1.82) is 0 Å². The molecule has 210 valence electrons. The fourth-order valence-corrected chi connectivity index (χ4v) is 5.04. The molecule has 21 heteroatoms. The van der Waals surface area contributed by atoms with Crippen LogP contribution >= 0.6 is 23.1 Å². The fraction of sp³-hybridized carbons (Fsp3) is 0.389. The fourth-order valence-electron chi connectivity index (χ4n) is 3.04. The predicted molar refractivity (Wildman–Crippen MR) is 128 cm³/mol. The minimum Gasteiger partial charge on any atom is -0.543 e. The molecular formula is C18H23N6NaO12S2. The Morgan fingerprint density at radius 2 is 2.00 bits per heavy atom. The van der Waals surface area contributed by atoms with Crippen molar-refractivity contribution in [2.75, 3.05) is 31.9 Å². The Labute approximate surface area is 249 Å². The van der Waals surface area contributed by atoms with Crippen molar-refractivity contribution in [3.63, 3.8) is 0 Å². The number of carboxylic acids is 2. The van der Waals surface area contributed by atoms with Gasteiger partial charge in [0.15, 0.2) is 10.8 Å². The molecule has 2 aliphatic rings. The van der Waals surface area contributed by atoms with Gasteiger partial charge in [-0.2, -0.15) is 0 Å². The zero-order chi connectivity index (χ0) is 26.6. The number of nitrogens with two attached hydrogens (primary N) is 1. The minimum atomic E-state index is -1.58. The molecule has 0 radical (unpaired) electrons. The van der Waals surface area contributed by atoms with E-state index in [4.69, 9.17) is 20.4 Å². The number of fused-ring (bicyclic) bond motifs is 1. The number of methoxy groups -OCH3 is 1. The quantitative estimate of drug-likeness (QED) is 0.0838. The van der Waals surface area contributed by atoms with Crippen LogP contribution in [-0.2, 0) is 33.5 Å². The number of anilines is 1. The van der Waals surface area contributed by atoms with Crippen LogP contribution in [0.1, 0.15) is 5.69 Å². The normalized spacial score (nSPS) is 18.5. The van der Waals surface area contributed by atoms with Crippen LogP contribution in [0.2, 0.25) is 0 Å². The molecule has 0 aromatic carbocycles. The standard InChI is InChI=1S/C18H20N6O10S2.Na.2H2O/c1-32-8-5-35-14-10(13(26)24(14)11(8)16(29)30)21-12(25)9(23-33-2)7-4-36-17(20-7)22-18(31)34-3-6(19)15(27)28;;;/h4,6,10,14H,3,5,19H2,1-2H3,(H,21,25)(H,27,28)(H,29,30)(H,20,22,31);;2*1H2/q;+1;;/p-1/t6-,10-,14+;;;/m1.../s1. The number of aromatic nitrogens is 1. The molecule has 0 aliphatic carbocycles. The molecule has 18 nitrogen and oxygen atoms in total. The molecule has 0 spiro atoms. The summed E-state index contributed by atoms with van der Waals surface area (Å²) in [7, 11) is 2.45. The van der Waals surface area contributed by atoms with Crippen LogP contribution in [0.25, 0.3) is 0 Å². The Bertz CT molecular complexity index is 1160. The van der Waals surface area contributed by atoms with Gasteiger partial charge in [-0.1, -0.05) is 5.16 Å². The summed E-state index contributed by atoms with van der Waals surface area (Å²) in [5.41, 5.74) is 4.51. The van der Waals surface area contributed by atoms with Crippen molar-refractivity contribution in [3.8, 4) is 0 Å². The first-order valence-corrected chi connectivity index (χ1v) is 11.7. The predicted octanol–water partition coefficient (Wildman–Crippen LogP) is -7.18. The average Bonchev–Trinajstić information content (AvgIpc) is 3.30. The molecule has 39 heavy (non-hydrogen) atoms. The first-order chi connectivity index (χ1) is 17.1. The number of carboxylic acid groups (broad SMARTS) is 2. The van der Waals surface area contributed by atoms with Crippen LogP contribution < -0.4 is 51.0 Å². The number of amides is 3. The SMILES string of the molecule is CON=C(C(=O)N[C@@H]1C(=O)N2C(C(=O)[O-])=C(OC)CS[C@@H]12)c1csc(NC(=O)OC[C@@H](N)C(=O)O)n1.O.O.[Na+]. The topological polar surface area (TPSA) is 298 Å². The van der Waals surface area contributed by atoms with Crippen molar-refractivity contribution < 1.29 is 89.0 Å². The van der Waals surface area contributed by atoms with Crippen LogP contribution in [0.5, 0.6) is 0 Å². The van der Waals surface area contributed by atoms with Crippen LogP contribution in [0.15, 0.2) is 22.0 Å². The number of carbonyl (C=O) groups is 5. The maximum Gasteiger partial charge on any atom is 1.00 e. The van der Waals surface area contributed by atoms with Crippen LogP contribution in [0.3, 0.4) is 0 Å². The van der Waals surface area contributed by atoms with Crippen LogP contribution in [0.4, 0.5) is 9.93 Å². The smallest absolute Gasteiger partial charge is 0.543 e. The minimum absolute atomic E-state index is 0. The number of hydrogen-bond acceptors (Lipinski definition) is 14. The number of β-lactam (4-membered cyclic amide) rings is 1. The van der Waals surface area contributed by atoms with E-state index in [0.29, 0.717) is 0 Å². The molecule has 1 aromatic heterocycles. The van der Waals surface area contributed by atoms with Gasteiger partial charge >= 0.3 is 41.6 Å². The Morgan fingerprint density at radius 3 is 2.56 bits per heavy atom. The third-order valence-corrected chi connectivity index (χ3v) is 6.74. The number of nitrogens with one attached hydrogen (secondary N) is 2. The van der Waals surface area contributed by atoms with Crippen molar-refractivity contribution in [1.82, 2.24) is 15.2 Å². The number of carbonyl (C=O) groups excluding carboxylic acids is 4. The number of ether oxygens (including phenoxy) is 2. The van der Waals surface area contributed by atoms with Gasteiger partial charge in [-0.05, 0) is 0 Å². The zero-order valence-electron chi connectivity index (χ0n) is 20.6. The molecule has 0 bridgehead atoms. The Kier molecular flexibility index (Phi) is 14.4. The Morgan fingerprint density at radius 1 is 1.33 bits per heavy atom. The van der Waals surface area contributed by atoms with E-state index in [-0.39, 0.29) is 68.6 Å². The summed E-state index contributed by atoms with van der Waals surface area (Å²) in [6, 6.07) is -2.47. The molecule has 3 amide bonds. The largest absolute Gasteiger partial charge is 1.00 e. The number of nitrogens with zero attached hydrogens (tertiary/aromatic N) is 3. The van der Waals surface area contributed by atoms with Crippen molar-refractivity contribution >= 4 is 63.8 Å². The molecule has 0 saturated carbocycles. The van der Waals surface area contributed by atoms with Crippen molar-refractivity contribution in [3.05, 3.63) is 22.5 Å². The van der Waals surface area contributed by atoms with E-state index in [2.05, 4.69) is 25.5 Å². The molecule has 3 atom stereocenters. The van der Waals surface area contributed by atoms with E-state index in [1.165, 1.54) is 31.4 Å². The van der Waals surface area contributed by atoms with Gasteiger partial charge in [-0.15, -0.1) is 23.1 Å². The van der Waals surface area contributed by atoms with Crippen LogP contribution in [0, 0.1) is 0 Å². The Hall–Kier alpha value is -2.98. The van der Waals surface area contributed by atoms with Crippen molar-refractivity contribution in [2.45, 2.75) is 17.5 Å². The number of aliphatic carboxylic acids is 2. The molecule has 1 aromatic rings. The third kappa shape index (κ3) is 8.02. The molecule has 2 aliphatic heterocycles. The van der Waals surface area contributed by atoms with E-state index < -0.39 is 59.6 Å². The maximum atomic E-state index is 12.9. The third-order valence-electron chi connectivity index (χ3n) is 4.72. The molecule has 1 fully saturated rings. The second-order valence-electron chi connectivity index (χ2n) is 6.95. The molecule has 3 heterocycles. The van der Waals surface area contributed by atoms with Gasteiger partial charge in [0.05, 0.1) is 18.8 Å². The van der Waals surface area contributed by atoms with E-state index in [0.717, 1.165) is 16.2 Å². The number of hydrogen-bond donors (Lipinski definition) is 4. The van der Waals surface area contributed by atoms with Crippen LogP contribution in [-0.4, -0.2) is 106 Å². The second-order valence-corrected chi connectivity index (χ2v) is 8.92. The summed E-state index contributed by atoms with van der Waals surface area (Å²) in [6.07, 6.45) is -1.02. The number of thiazole rings is 1. The molecule has 9 N–H and O–H groups in total. The Balaban J connectivity index is 0.00000481. The first-order valence-electron chi connectivity index (χ1n) is 9.82. The second kappa shape index (κ2) is 15.6. The maximum absolute atomic E-state index is 12.9. The monoisotopic (exact) mass is 602 g/mol. The first kappa shape index (κ1) is 36.0. The van der Waals surface area contributed by atoms with Gasteiger partial charge in [0, 0.05) is 5.38 Å². The summed E-state index contributed by atoms with van der Waals surface area (Å²) in [6.45, 7) is -0.579. The van der Waals surface area contributed by atoms with Gasteiger partial charge in [0.2, 0.25) is 0 Å². The zero-order valence-corrected chi connectivity index (χ0v) is 24.2. The average molecular weight is 603 g/mol. The number of rotatable bonds is 10. The van der Waals surface area contributed by atoms with E-state index in [1.807, 2.05) is 0 Å². The summed E-state index contributed by atoms with van der Waals surface area (Å²) in [5, 5.41) is 29.2. The van der Waals surface area contributed by atoms with Gasteiger partial charge in [0.25, 0.3) is 11.8 Å². The number of thioether (sulfide) groups is 1. The summed E-state index contributed by atoms with van der Waals surface area (Å²) in [4.78, 5) is 69.2. The van der Waals surface area contributed by atoms with E-state index >= 15 is 0 Å². The van der Waals surface area contributed by atoms with E-state index in [9.17, 15) is 29.1 Å². The van der Waals surface area contributed by atoms with Crippen molar-refractivity contribution in [2.24, 2.45) is 10.9 Å². The molecule has 0 unspecified atom stereocenters. The summed E-state index contributed by atoms with van der Waals surface area (Å²) >= 11 is 2.08.